The molecule has 5 rings (SSSR count). The number of hydrogen-bond acceptors (Lipinski definition) is 7. The Kier molecular flexibility index (Phi) is 7.64. The standard InChI is InChI=1S/C33H39N5O3/c1-20-10-11-23(30(33(3,4)32(39)40)25-12-13-28(37(5)35)31(34)21(25)2)16-24(20)18-38-14-15-41-29-17-22-8-6-7-9-26(22)36-27(29)19-38/h6-13,16-17,30H,14-15,18-19,34-35H2,1-5H3,(H,39,40). The molecule has 0 radical (unpaired) electrons. The number of nitrogens with zero attached hydrogens (tertiary/aromatic N) is 3. The Morgan fingerprint density at radius 1 is 1.15 bits per heavy atom. The normalized spacial score (nSPS) is 14.7. The van der Waals surface area contributed by atoms with E-state index in [-0.39, 0.29) is 0 Å². The fourth-order valence-corrected chi connectivity index (χ4v) is 5.83. The second-order valence-corrected chi connectivity index (χ2v) is 11.7. The number of rotatable bonds is 7. The number of nitrogens with two attached hydrogens (primary N) is 2. The molecule has 41 heavy (non-hydrogen) atoms. The maximum Gasteiger partial charge on any atom is 0.310 e. The molecule has 0 bridgehead atoms. The molecule has 8 nitrogen and oxygen atoms in total. The first kappa shape index (κ1) is 28.4. The number of carboxylic acid groups (broad SMARTS) is 1. The quantitative estimate of drug-likeness (QED) is 0.159. The molecular weight excluding hydrogens is 514 g/mol. The molecule has 5 N–H and O–H groups in total. The van der Waals surface area contributed by atoms with Crippen molar-refractivity contribution in [3.8, 4) is 5.75 Å². The van der Waals surface area contributed by atoms with Crippen molar-refractivity contribution in [3.63, 3.8) is 0 Å². The highest BCUT2D eigenvalue weighted by Crippen LogP contribution is 2.45. The number of fused-ring (bicyclic) bond motifs is 2. The minimum absolute atomic E-state index is 0.431. The van der Waals surface area contributed by atoms with E-state index in [0.29, 0.717) is 31.1 Å². The van der Waals surface area contributed by atoms with Crippen LogP contribution in [0.4, 0.5) is 11.4 Å². The van der Waals surface area contributed by atoms with Crippen molar-refractivity contribution in [2.75, 3.05) is 30.9 Å². The van der Waals surface area contributed by atoms with Gasteiger partial charge >= 0.3 is 5.97 Å². The lowest BCUT2D eigenvalue weighted by atomic mass is 9.69. The number of para-hydroxylation sites is 1. The summed E-state index contributed by atoms with van der Waals surface area (Å²) < 4.78 is 6.10. The van der Waals surface area contributed by atoms with Crippen LogP contribution in [-0.2, 0) is 17.9 Å². The molecule has 4 aromatic rings. The van der Waals surface area contributed by atoms with E-state index in [1.807, 2.05) is 43.3 Å². The van der Waals surface area contributed by atoms with Crippen LogP contribution in [-0.4, -0.2) is 41.2 Å². The SMILES string of the molecule is Cc1ccc(C(c2ccc(N(C)N)c(N)c2C)C(C)(C)C(=O)O)cc1CN1CCOc2cc3ccccc3nc2C1. The monoisotopic (exact) mass is 553 g/mol. The van der Waals surface area contributed by atoms with Crippen LogP contribution in [0.15, 0.2) is 60.7 Å². The number of nitrogen functional groups attached to an aromatic ring is 1. The summed E-state index contributed by atoms with van der Waals surface area (Å²) in [5.74, 6) is 5.52. The summed E-state index contributed by atoms with van der Waals surface area (Å²) in [5, 5.41) is 12.9. The van der Waals surface area contributed by atoms with Crippen molar-refractivity contribution < 1.29 is 14.6 Å². The largest absolute Gasteiger partial charge is 0.490 e. The molecular formula is C33H39N5O3. The maximum absolute atomic E-state index is 12.6. The smallest absolute Gasteiger partial charge is 0.310 e. The number of hydrogen-bond donors (Lipinski definition) is 3. The molecule has 0 amide bonds. The summed E-state index contributed by atoms with van der Waals surface area (Å²) in [6.07, 6.45) is 0. The second kappa shape index (κ2) is 11.0. The number of ether oxygens (including phenoxy) is 1. The van der Waals surface area contributed by atoms with Crippen LogP contribution < -0.4 is 21.3 Å². The Balaban J connectivity index is 1.52. The zero-order valence-corrected chi connectivity index (χ0v) is 24.4. The third kappa shape index (κ3) is 5.45. The molecule has 8 heteroatoms. The van der Waals surface area contributed by atoms with Gasteiger partial charge in [-0.3, -0.25) is 9.69 Å². The van der Waals surface area contributed by atoms with Gasteiger partial charge in [-0.2, -0.15) is 0 Å². The molecule has 1 aromatic heterocycles. The van der Waals surface area contributed by atoms with Gasteiger partial charge in [-0.15, -0.1) is 0 Å². The summed E-state index contributed by atoms with van der Waals surface area (Å²) in [4.78, 5) is 19.9. The minimum atomic E-state index is -1.10. The lowest BCUT2D eigenvalue weighted by molar-refractivity contribution is -0.147. The Morgan fingerprint density at radius 3 is 2.63 bits per heavy atom. The first-order valence-electron chi connectivity index (χ1n) is 13.9. The molecule has 0 aliphatic carbocycles. The fourth-order valence-electron chi connectivity index (χ4n) is 5.83. The number of pyridine rings is 1. The van der Waals surface area contributed by atoms with Gasteiger partial charge in [0.1, 0.15) is 12.4 Å². The first-order valence-corrected chi connectivity index (χ1v) is 13.9. The molecule has 1 aliphatic rings. The Bertz CT molecular complexity index is 1610. The highest BCUT2D eigenvalue weighted by Gasteiger charge is 2.40. The van der Waals surface area contributed by atoms with Crippen LogP contribution in [0, 0.1) is 19.3 Å². The lowest BCUT2D eigenvalue weighted by Crippen LogP contribution is -2.33. The van der Waals surface area contributed by atoms with Crippen molar-refractivity contribution in [2.45, 2.75) is 46.7 Å². The van der Waals surface area contributed by atoms with E-state index >= 15 is 0 Å². The van der Waals surface area contributed by atoms with Gasteiger partial charge < -0.3 is 20.6 Å². The van der Waals surface area contributed by atoms with Crippen LogP contribution >= 0.6 is 0 Å². The first-order chi connectivity index (χ1) is 19.5. The molecule has 0 fully saturated rings. The summed E-state index contributed by atoms with van der Waals surface area (Å²) in [6, 6.07) is 20.3. The van der Waals surface area contributed by atoms with Crippen molar-refractivity contribution in [1.29, 1.82) is 0 Å². The molecule has 0 spiro atoms. The van der Waals surface area contributed by atoms with E-state index in [4.69, 9.17) is 21.3 Å². The topological polar surface area (TPSA) is 118 Å². The van der Waals surface area contributed by atoms with Gasteiger partial charge in [-0.1, -0.05) is 42.5 Å². The molecule has 1 unspecified atom stereocenters. The molecule has 3 aromatic carbocycles. The van der Waals surface area contributed by atoms with Gasteiger partial charge in [-0.25, -0.2) is 10.8 Å². The average Bonchev–Trinajstić information content (AvgIpc) is 3.12. The van der Waals surface area contributed by atoms with Crippen LogP contribution in [0.25, 0.3) is 10.9 Å². The fraction of sp³-hybridized carbons (Fsp3) is 0.333. The van der Waals surface area contributed by atoms with Gasteiger partial charge in [0.05, 0.1) is 28.0 Å². The second-order valence-electron chi connectivity index (χ2n) is 11.7. The third-order valence-electron chi connectivity index (χ3n) is 8.40. The predicted molar refractivity (Wildman–Crippen MR) is 164 cm³/mol. The Labute approximate surface area is 241 Å². The van der Waals surface area contributed by atoms with E-state index in [9.17, 15) is 9.90 Å². The number of aliphatic carboxylic acids is 1. The highest BCUT2D eigenvalue weighted by atomic mass is 16.5. The Hall–Kier alpha value is -4.14. The van der Waals surface area contributed by atoms with Crippen molar-refractivity contribution in [1.82, 2.24) is 9.88 Å². The number of benzene rings is 3. The van der Waals surface area contributed by atoms with Crippen LogP contribution in [0.2, 0.25) is 0 Å². The van der Waals surface area contributed by atoms with Crippen LogP contribution in [0.5, 0.6) is 5.75 Å². The van der Waals surface area contributed by atoms with E-state index in [2.05, 4.69) is 36.1 Å². The number of aryl methyl sites for hydroxylation is 1. The van der Waals surface area contributed by atoms with E-state index in [1.165, 1.54) is 5.01 Å². The Morgan fingerprint density at radius 2 is 1.90 bits per heavy atom. The molecule has 0 saturated heterocycles. The van der Waals surface area contributed by atoms with Crippen molar-refractivity contribution in [2.24, 2.45) is 11.3 Å². The van der Waals surface area contributed by atoms with E-state index in [0.717, 1.165) is 56.7 Å². The van der Waals surface area contributed by atoms with Gasteiger partial charge in [0.25, 0.3) is 0 Å². The zero-order valence-electron chi connectivity index (χ0n) is 24.4. The van der Waals surface area contributed by atoms with E-state index < -0.39 is 17.3 Å². The summed E-state index contributed by atoms with van der Waals surface area (Å²) in [6.45, 7) is 10.3. The molecule has 0 saturated carbocycles. The summed E-state index contributed by atoms with van der Waals surface area (Å²) in [5.41, 5.74) is 13.5. The zero-order chi connectivity index (χ0) is 29.5. The number of anilines is 2. The lowest BCUT2D eigenvalue weighted by Gasteiger charge is -2.34. The number of carboxylic acids is 1. The van der Waals surface area contributed by atoms with Crippen LogP contribution in [0.1, 0.15) is 53.3 Å². The molecule has 214 valence electrons. The molecule has 1 aliphatic heterocycles. The summed E-state index contributed by atoms with van der Waals surface area (Å²) in [7, 11) is 1.74. The van der Waals surface area contributed by atoms with Crippen molar-refractivity contribution in [3.05, 3.63) is 94.2 Å². The average molecular weight is 554 g/mol. The number of hydrazine groups is 1. The van der Waals surface area contributed by atoms with Gasteiger partial charge in [-0.05, 0) is 73.7 Å². The predicted octanol–water partition coefficient (Wildman–Crippen LogP) is 5.38. The maximum atomic E-state index is 12.6. The van der Waals surface area contributed by atoms with Gasteiger partial charge in [0, 0.05) is 38.0 Å². The molecule has 1 atom stereocenters. The molecule has 2 heterocycles. The number of carbonyl (C=O) groups is 1. The van der Waals surface area contributed by atoms with Crippen LogP contribution in [0.3, 0.4) is 0 Å². The van der Waals surface area contributed by atoms with Gasteiger partial charge in [0.15, 0.2) is 0 Å². The minimum Gasteiger partial charge on any atom is -0.490 e. The van der Waals surface area contributed by atoms with Crippen molar-refractivity contribution >= 4 is 28.2 Å². The van der Waals surface area contributed by atoms with Gasteiger partial charge in [0.2, 0.25) is 0 Å². The number of aromatic nitrogens is 1. The highest BCUT2D eigenvalue weighted by molar-refractivity contribution is 5.80. The summed E-state index contributed by atoms with van der Waals surface area (Å²) >= 11 is 0. The van der Waals surface area contributed by atoms with E-state index in [1.54, 1.807) is 20.9 Å². The third-order valence-corrected chi connectivity index (χ3v) is 8.40.